The van der Waals surface area contributed by atoms with Crippen molar-refractivity contribution in [1.82, 2.24) is 9.47 Å². The summed E-state index contributed by atoms with van der Waals surface area (Å²) in [5, 5.41) is 1.14. The Balaban J connectivity index is 1.44. The summed E-state index contributed by atoms with van der Waals surface area (Å²) in [6, 6.07) is 14.7. The van der Waals surface area contributed by atoms with Gasteiger partial charge in [-0.2, -0.15) is 0 Å². The minimum Gasteiger partial charge on any atom is -0.369 e. The van der Waals surface area contributed by atoms with Crippen LogP contribution < -0.4 is 4.90 Å². The molecule has 1 saturated heterocycles. The zero-order valence-corrected chi connectivity index (χ0v) is 15.8. The van der Waals surface area contributed by atoms with E-state index in [0.29, 0.717) is 6.54 Å². The van der Waals surface area contributed by atoms with Gasteiger partial charge in [0.2, 0.25) is 5.91 Å². The summed E-state index contributed by atoms with van der Waals surface area (Å²) in [4.78, 5) is 17.5. The van der Waals surface area contributed by atoms with Gasteiger partial charge in [0.05, 0.1) is 12.1 Å². The fourth-order valence-corrected chi connectivity index (χ4v) is 3.93. The van der Waals surface area contributed by atoms with E-state index >= 15 is 0 Å². The maximum absolute atomic E-state index is 13.1. The van der Waals surface area contributed by atoms with Crippen LogP contribution >= 0.6 is 0 Å². The highest BCUT2D eigenvalue weighted by molar-refractivity contribution is 5.96. The van der Waals surface area contributed by atoms with Crippen molar-refractivity contribution in [3.8, 4) is 0 Å². The Hall–Kier alpha value is -2.66. The number of aryl methyl sites for hydroxylation is 1. The molecule has 2 aromatic carbocycles. The number of halogens is 1. The van der Waals surface area contributed by atoms with Crippen molar-refractivity contribution in [3.63, 3.8) is 0 Å². The van der Waals surface area contributed by atoms with Gasteiger partial charge < -0.3 is 4.90 Å². The van der Waals surface area contributed by atoms with E-state index in [2.05, 4.69) is 22.8 Å². The Morgan fingerprint density at radius 2 is 1.63 bits per heavy atom. The first-order valence-corrected chi connectivity index (χ1v) is 9.37. The first-order chi connectivity index (χ1) is 13.0. The third kappa shape index (κ3) is 3.35. The van der Waals surface area contributed by atoms with E-state index in [1.807, 2.05) is 41.8 Å². The van der Waals surface area contributed by atoms with Crippen LogP contribution in [0.1, 0.15) is 16.1 Å². The Bertz CT molecular complexity index is 969. The molecule has 4 rings (SSSR count). The SMILES string of the molecule is Cc1c(C)n(C(=O)CN2CCN(c3ccc(F)cc3)CC2)c2ccccc12. The molecule has 0 atom stereocenters. The van der Waals surface area contributed by atoms with Gasteiger partial charge in [0.25, 0.3) is 0 Å². The third-order valence-corrected chi connectivity index (χ3v) is 5.60. The molecule has 4 nitrogen and oxygen atoms in total. The van der Waals surface area contributed by atoms with Crippen molar-refractivity contribution >= 4 is 22.5 Å². The molecule has 5 heteroatoms. The lowest BCUT2D eigenvalue weighted by atomic mass is 10.2. The zero-order valence-electron chi connectivity index (χ0n) is 15.8. The number of aromatic nitrogens is 1. The number of carbonyl (C=O) groups excluding carboxylic acids is 1. The molecule has 2 heterocycles. The molecule has 3 aromatic rings. The number of para-hydroxylation sites is 1. The van der Waals surface area contributed by atoms with Gasteiger partial charge in [0.1, 0.15) is 5.82 Å². The summed E-state index contributed by atoms with van der Waals surface area (Å²) in [6.45, 7) is 7.81. The van der Waals surface area contributed by atoms with Gasteiger partial charge in [0, 0.05) is 42.9 Å². The second kappa shape index (κ2) is 7.16. The highest BCUT2D eigenvalue weighted by Crippen LogP contribution is 2.25. The molecule has 0 saturated carbocycles. The number of piperazine rings is 1. The molecule has 0 aliphatic carbocycles. The third-order valence-electron chi connectivity index (χ3n) is 5.60. The minimum absolute atomic E-state index is 0.118. The Morgan fingerprint density at radius 1 is 0.963 bits per heavy atom. The van der Waals surface area contributed by atoms with Crippen LogP contribution in [-0.2, 0) is 0 Å². The summed E-state index contributed by atoms with van der Waals surface area (Å²) >= 11 is 0. The topological polar surface area (TPSA) is 28.5 Å². The standard InChI is InChI=1S/C22H24FN3O/c1-16-17(2)26(21-6-4-3-5-20(16)21)22(27)15-24-11-13-25(14-12-24)19-9-7-18(23)8-10-19/h3-10H,11-15H2,1-2H3. The molecule has 0 amide bonds. The number of hydrogen-bond donors (Lipinski definition) is 0. The van der Waals surface area contributed by atoms with E-state index in [1.54, 1.807) is 0 Å². The van der Waals surface area contributed by atoms with Crippen LogP contribution in [0.25, 0.3) is 10.9 Å². The Morgan fingerprint density at radius 3 is 2.33 bits per heavy atom. The maximum Gasteiger partial charge on any atom is 0.245 e. The van der Waals surface area contributed by atoms with E-state index in [-0.39, 0.29) is 11.7 Å². The lowest BCUT2D eigenvalue weighted by Gasteiger charge is -2.35. The Kier molecular flexibility index (Phi) is 4.70. The summed E-state index contributed by atoms with van der Waals surface area (Å²) in [6.07, 6.45) is 0. The summed E-state index contributed by atoms with van der Waals surface area (Å²) < 4.78 is 15.0. The lowest BCUT2D eigenvalue weighted by Crippen LogP contribution is -2.48. The molecular weight excluding hydrogens is 341 g/mol. The largest absolute Gasteiger partial charge is 0.369 e. The van der Waals surface area contributed by atoms with E-state index in [9.17, 15) is 9.18 Å². The number of carbonyl (C=O) groups is 1. The second-order valence-corrected chi connectivity index (χ2v) is 7.20. The van der Waals surface area contributed by atoms with Crippen LogP contribution in [0.3, 0.4) is 0 Å². The van der Waals surface area contributed by atoms with Crippen molar-refractivity contribution < 1.29 is 9.18 Å². The van der Waals surface area contributed by atoms with E-state index < -0.39 is 0 Å². The van der Waals surface area contributed by atoms with E-state index in [0.717, 1.165) is 48.5 Å². The molecular formula is C22H24FN3O. The molecule has 0 unspecified atom stereocenters. The fraction of sp³-hybridized carbons (Fsp3) is 0.318. The number of rotatable bonds is 3. The average molecular weight is 365 g/mol. The maximum atomic E-state index is 13.1. The monoisotopic (exact) mass is 365 g/mol. The Labute approximate surface area is 158 Å². The molecule has 1 aliphatic heterocycles. The second-order valence-electron chi connectivity index (χ2n) is 7.20. The van der Waals surface area contributed by atoms with Crippen LogP contribution in [-0.4, -0.2) is 48.1 Å². The molecule has 140 valence electrons. The summed E-state index contributed by atoms with van der Waals surface area (Å²) in [5.41, 5.74) is 4.21. The normalized spacial score (nSPS) is 15.4. The van der Waals surface area contributed by atoms with Crippen LogP contribution in [0.5, 0.6) is 0 Å². The summed E-state index contributed by atoms with van der Waals surface area (Å²) in [5.74, 6) is -0.0976. The highest BCUT2D eigenvalue weighted by Gasteiger charge is 2.22. The number of benzene rings is 2. The first-order valence-electron chi connectivity index (χ1n) is 9.37. The highest BCUT2D eigenvalue weighted by atomic mass is 19.1. The van der Waals surface area contributed by atoms with Crippen molar-refractivity contribution in [2.24, 2.45) is 0 Å². The predicted octanol–water partition coefficient (Wildman–Crippen LogP) is 3.86. The van der Waals surface area contributed by atoms with Crippen molar-refractivity contribution in [3.05, 3.63) is 65.6 Å². The van der Waals surface area contributed by atoms with Gasteiger partial charge in [-0.25, -0.2) is 4.39 Å². The van der Waals surface area contributed by atoms with Gasteiger partial charge >= 0.3 is 0 Å². The lowest BCUT2D eigenvalue weighted by molar-refractivity contribution is 0.0847. The minimum atomic E-state index is -0.215. The zero-order chi connectivity index (χ0) is 19.0. The molecule has 0 radical (unpaired) electrons. The van der Waals surface area contributed by atoms with Gasteiger partial charge in [0.15, 0.2) is 0 Å². The molecule has 0 N–H and O–H groups in total. The van der Waals surface area contributed by atoms with Gasteiger partial charge in [-0.3, -0.25) is 14.3 Å². The van der Waals surface area contributed by atoms with Crippen molar-refractivity contribution in [1.29, 1.82) is 0 Å². The number of nitrogens with zero attached hydrogens (tertiary/aromatic N) is 3. The molecule has 1 fully saturated rings. The molecule has 1 aromatic heterocycles. The fourth-order valence-electron chi connectivity index (χ4n) is 3.93. The van der Waals surface area contributed by atoms with Crippen molar-refractivity contribution in [2.75, 3.05) is 37.6 Å². The van der Waals surface area contributed by atoms with Gasteiger partial charge in [-0.1, -0.05) is 18.2 Å². The summed E-state index contributed by atoms with van der Waals surface area (Å²) in [7, 11) is 0. The molecule has 0 spiro atoms. The molecule has 27 heavy (non-hydrogen) atoms. The number of fused-ring (bicyclic) bond motifs is 1. The number of anilines is 1. The van der Waals surface area contributed by atoms with Gasteiger partial charge in [-0.15, -0.1) is 0 Å². The number of hydrogen-bond acceptors (Lipinski definition) is 3. The average Bonchev–Trinajstić information content (AvgIpc) is 2.94. The first kappa shape index (κ1) is 17.7. The van der Waals surface area contributed by atoms with Gasteiger partial charge in [-0.05, 0) is 49.7 Å². The predicted molar refractivity (Wildman–Crippen MR) is 107 cm³/mol. The van der Waals surface area contributed by atoms with Crippen molar-refractivity contribution in [2.45, 2.75) is 13.8 Å². The van der Waals surface area contributed by atoms with Crippen LogP contribution in [0, 0.1) is 19.7 Å². The quantitative estimate of drug-likeness (QED) is 0.706. The van der Waals surface area contributed by atoms with Crippen LogP contribution in [0.2, 0.25) is 0 Å². The molecule has 0 bridgehead atoms. The van der Waals surface area contributed by atoms with E-state index in [4.69, 9.17) is 0 Å². The van der Waals surface area contributed by atoms with Crippen LogP contribution in [0.4, 0.5) is 10.1 Å². The molecule has 1 aliphatic rings. The van der Waals surface area contributed by atoms with E-state index in [1.165, 1.54) is 17.7 Å². The smallest absolute Gasteiger partial charge is 0.245 e. The van der Waals surface area contributed by atoms with Crippen LogP contribution in [0.15, 0.2) is 48.5 Å².